The van der Waals surface area contributed by atoms with Gasteiger partial charge in [0.15, 0.2) is 11.6 Å². The highest BCUT2D eigenvalue weighted by Gasteiger charge is 2.23. The average molecular weight is 894 g/mol. The summed E-state index contributed by atoms with van der Waals surface area (Å²) in [6.07, 6.45) is 0. The molecule has 0 aliphatic rings. The standard InChI is InChI=1S/C63H39N7/c1-5-19-40(20-6-1)61-64-62(41-21-7-2-8-22-41)66-63(65-61)70-55-32-18-15-28-46(55)50-36-49-45-27-13-17-31-54(45)69(59(49)39-60(50)70)44-33-34-48-52-38-57-51(37-58(52)68(56(48)35-44)43-25-11-4-12-26-43)47-29-14-16-30-53(47)67(57)42-23-9-3-10-24-42/h1-39H. The minimum atomic E-state index is 0.565. The van der Waals surface area contributed by atoms with Crippen LogP contribution >= 0.6 is 0 Å². The number of rotatable bonds is 6. The molecule has 7 nitrogen and oxygen atoms in total. The number of para-hydroxylation sites is 5. The van der Waals surface area contributed by atoms with Crippen molar-refractivity contribution in [3.05, 3.63) is 237 Å². The van der Waals surface area contributed by atoms with Crippen molar-refractivity contribution in [3.63, 3.8) is 0 Å². The van der Waals surface area contributed by atoms with Crippen molar-refractivity contribution in [2.24, 2.45) is 0 Å². The van der Waals surface area contributed by atoms with Crippen molar-refractivity contribution < 1.29 is 0 Å². The lowest BCUT2D eigenvalue weighted by molar-refractivity contribution is 0.953. The summed E-state index contributed by atoms with van der Waals surface area (Å²) >= 11 is 0. The molecule has 0 spiro atoms. The van der Waals surface area contributed by atoms with Gasteiger partial charge in [-0.15, -0.1) is 0 Å². The third kappa shape index (κ3) is 5.66. The average Bonchev–Trinajstić information content (AvgIpc) is 4.14. The molecule has 5 aromatic heterocycles. The Balaban J connectivity index is 1.01. The first-order valence-electron chi connectivity index (χ1n) is 23.7. The molecule has 0 saturated heterocycles. The molecule has 0 amide bonds. The molecular formula is C63H39N7. The summed E-state index contributed by atoms with van der Waals surface area (Å²) in [6, 6.07) is 84.5. The number of benzene rings is 10. The van der Waals surface area contributed by atoms with Gasteiger partial charge in [0.2, 0.25) is 5.95 Å². The van der Waals surface area contributed by atoms with Crippen molar-refractivity contribution in [1.29, 1.82) is 0 Å². The monoisotopic (exact) mass is 893 g/mol. The molecule has 7 heteroatoms. The predicted molar refractivity (Wildman–Crippen MR) is 288 cm³/mol. The van der Waals surface area contributed by atoms with Gasteiger partial charge in [-0.1, -0.05) is 158 Å². The minimum absolute atomic E-state index is 0.565. The lowest BCUT2D eigenvalue weighted by atomic mass is 10.1. The Kier molecular flexibility index (Phi) is 8.23. The quantitative estimate of drug-likeness (QED) is 0.167. The zero-order chi connectivity index (χ0) is 45.9. The van der Waals surface area contributed by atoms with Gasteiger partial charge in [0.05, 0.1) is 44.1 Å². The van der Waals surface area contributed by atoms with Crippen molar-refractivity contribution in [1.82, 2.24) is 33.2 Å². The molecule has 0 bridgehead atoms. The van der Waals surface area contributed by atoms with Gasteiger partial charge in [0.25, 0.3) is 0 Å². The van der Waals surface area contributed by atoms with E-state index in [2.05, 4.69) is 218 Å². The number of aromatic nitrogens is 7. The van der Waals surface area contributed by atoms with Crippen LogP contribution in [0.25, 0.3) is 133 Å². The number of hydrogen-bond acceptors (Lipinski definition) is 3. The van der Waals surface area contributed by atoms with Crippen LogP contribution < -0.4 is 0 Å². The minimum Gasteiger partial charge on any atom is -0.309 e. The van der Waals surface area contributed by atoms with Crippen LogP contribution in [0.2, 0.25) is 0 Å². The molecule has 0 N–H and O–H groups in total. The number of hydrogen-bond donors (Lipinski definition) is 0. The van der Waals surface area contributed by atoms with Crippen molar-refractivity contribution in [2.45, 2.75) is 0 Å². The van der Waals surface area contributed by atoms with E-state index in [-0.39, 0.29) is 0 Å². The molecular weight excluding hydrogens is 855 g/mol. The zero-order valence-corrected chi connectivity index (χ0v) is 37.6. The van der Waals surface area contributed by atoms with Gasteiger partial charge in [-0.25, -0.2) is 4.98 Å². The molecule has 0 aliphatic heterocycles. The summed E-state index contributed by atoms with van der Waals surface area (Å²) < 4.78 is 9.51. The van der Waals surface area contributed by atoms with E-state index in [0.717, 1.165) is 72.1 Å². The van der Waals surface area contributed by atoms with Gasteiger partial charge in [-0.3, -0.25) is 4.57 Å². The van der Waals surface area contributed by atoms with E-state index in [1.807, 2.05) is 36.4 Å². The summed E-state index contributed by atoms with van der Waals surface area (Å²) in [5.74, 6) is 1.81. The van der Waals surface area contributed by atoms with E-state index >= 15 is 0 Å². The van der Waals surface area contributed by atoms with Gasteiger partial charge in [0, 0.05) is 71.3 Å². The Morgan fingerprint density at radius 2 is 0.571 bits per heavy atom. The summed E-state index contributed by atoms with van der Waals surface area (Å²) in [4.78, 5) is 15.6. The molecule has 0 fully saturated rings. The lowest BCUT2D eigenvalue weighted by Gasteiger charge is -2.12. The van der Waals surface area contributed by atoms with Crippen LogP contribution in [0.5, 0.6) is 0 Å². The van der Waals surface area contributed by atoms with Gasteiger partial charge in [-0.05, 0) is 78.9 Å². The van der Waals surface area contributed by atoms with Gasteiger partial charge >= 0.3 is 0 Å². The molecule has 0 atom stereocenters. The Hall–Kier alpha value is -9.59. The highest BCUT2D eigenvalue weighted by atomic mass is 15.2. The van der Waals surface area contributed by atoms with Crippen LogP contribution in [-0.2, 0) is 0 Å². The van der Waals surface area contributed by atoms with Crippen LogP contribution in [0.3, 0.4) is 0 Å². The Bertz CT molecular complexity index is 4510. The smallest absolute Gasteiger partial charge is 0.238 e. The molecule has 326 valence electrons. The van der Waals surface area contributed by atoms with Crippen LogP contribution in [0.1, 0.15) is 0 Å². The fourth-order valence-corrected chi connectivity index (χ4v) is 11.1. The van der Waals surface area contributed by atoms with E-state index in [1.165, 1.54) is 43.4 Å². The van der Waals surface area contributed by atoms with E-state index in [9.17, 15) is 0 Å². The van der Waals surface area contributed by atoms with Crippen LogP contribution in [0.4, 0.5) is 0 Å². The molecule has 15 aromatic rings. The second-order valence-corrected chi connectivity index (χ2v) is 18.1. The van der Waals surface area contributed by atoms with Crippen LogP contribution in [0.15, 0.2) is 237 Å². The van der Waals surface area contributed by atoms with Crippen LogP contribution in [0, 0.1) is 0 Å². The normalized spacial score (nSPS) is 12.0. The molecule has 0 saturated carbocycles. The van der Waals surface area contributed by atoms with Crippen molar-refractivity contribution in [3.8, 4) is 45.8 Å². The molecule has 10 aromatic carbocycles. The van der Waals surface area contributed by atoms with E-state index in [4.69, 9.17) is 15.0 Å². The van der Waals surface area contributed by atoms with E-state index in [0.29, 0.717) is 17.6 Å². The topological polar surface area (TPSA) is 58.4 Å². The molecule has 0 radical (unpaired) electrons. The maximum atomic E-state index is 5.25. The SMILES string of the molecule is c1ccc(-c2nc(-c3ccccc3)nc(-n3c4ccccc4c4cc5c6ccccc6n(-c6ccc7c8cc9c(cc8n(-c8ccccc8)c7c6)c6ccccc6n9-c6ccccc6)c5cc43)n2)cc1. The first-order chi connectivity index (χ1) is 34.7. The van der Waals surface area contributed by atoms with Gasteiger partial charge in [0.1, 0.15) is 0 Å². The zero-order valence-electron chi connectivity index (χ0n) is 37.6. The number of nitrogens with zero attached hydrogens (tertiary/aromatic N) is 7. The molecule has 5 heterocycles. The molecule has 0 unspecified atom stereocenters. The third-order valence-electron chi connectivity index (χ3n) is 14.2. The number of fused-ring (bicyclic) bond motifs is 12. The van der Waals surface area contributed by atoms with Crippen molar-refractivity contribution in [2.75, 3.05) is 0 Å². The Morgan fingerprint density at radius 1 is 0.214 bits per heavy atom. The van der Waals surface area contributed by atoms with Crippen LogP contribution in [-0.4, -0.2) is 33.2 Å². The van der Waals surface area contributed by atoms with Gasteiger partial charge in [-0.2, -0.15) is 9.97 Å². The highest BCUT2D eigenvalue weighted by Crippen LogP contribution is 2.43. The molecule has 15 rings (SSSR count). The lowest BCUT2D eigenvalue weighted by Crippen LogP contribution is -2.06. The van der Waals surface area contributed by atoms with E-state index in [1.54, 1.807) is 0 Å². The first kappa shape index (κ1) is 38.5. The van der Waals surface area contributed by atoms with Gasteiger partial charge < -0.3 is 13.7 Å². The second kappa shape index (κ2) is 15.0. The molecule has 0 aliphatic carbocycles. The maximum absolute atomic E-state index is 5.25. The summed E-state index contributed by atoms with van der Waals surface area (Å²) in [5.41, 5.74) is 14.1. The summed E-state index contributed by atoms with van der Waals surface area (Å²) in [6.45, 7) is 0. The highest BCUT2D eigenvalue weighted by molar-refractivity contribution is 6.21. The Morgan fingerprint density at radius 3 is 1.09 bits per heavy atom. The molecule has 70 heavy (non-hydrogen) atoms. The first-order valence-corrected chi connectivity index (χ1v) is 23.7. The Labute approximate surface area is 401 Å². The fraction of sp³-hybridized carbons (Fsp3) is 0. The largest absolute Gasteiger partial charge is 0.309 e. The summed E-state index contributed by atoms with van der Waals surface area (Å²) in [7, 11) is 0. The fourth-order valence-electron chi connectivity index (χ4n) is 11.1. The third-order valence-corrected chi connectivity index (χ3v) is 14.2. The van der Waals surface area contributed by atoms with Crippen molar-refractivity contribution >= 4 is 87.2 Å². The summed E-state index contributed by atoms with van der Waals surface area (Å²) in [5, 5.41) is 9.47. The predicted octanol–water partition coefficient (Wildman–Crippen LogP) is 15.6. The maximum Gasteiger partial charge on any atom is 0.238 e. The van der Waals surface area contributed by atoms with E-state index < -0.39 is 0 Å². The second-order valence-electron chi connectivity index (χ2n) is 18.1.